The van der Waals surface area contributed by atoms with Crippen LogP contribution in [0.1, 0.15) is 40.8 Å². The average molecular weight is 282 g/mol. The maximum absolute atomic E-state index is 5.79. The molecule has 0 radical (unpaired) electrons. The Hall–Kier alpha value is -0.870. The lowest BCUT2D eigenvalue weighted by atomic mass is 10.0. The fraction of sp³-hybridized carbons (Fsp3) is 0.538. The highest BCUT2D eigenvalue weighted by Gasteiger charge is 2.18. The quantitative estimate of drug-likeness (QED) is 0.808. The summed E-state index contributed by atoms with van der Waals surface area (Å²) in [5.74, 6) is 1.61. The minimum Gasteiger partial charge on any atom is -0.325 e. The number of halogens is 1. The Kier molecular flexibility index (Phi) is 3.39. The van der Waals surface area contributed by atoms with Crippen molar-refractivity contribution in [3.05, 3.63) is 33.3 Å². The molecule has 3 nitrogen and oxygen atoms in total. The van der Waals surface area contributed by atoms with Crippen LogP contribution >= 0.6 is 22.9 Å². The third kappa shape index (κ3) is 2.19. The van der Waals surface area contributed by atoms with Crippen molar-refractivity contribution in [2.24, 2.45) is 0 Å². The van der Waals surface area contributed by atoms with E-state index in [2.05, 4.69) is 21.5 Å². The molecule has 2 aromatic rings. The summed E-state index contributed by atoms with van der Waals surface area (Å²) in [7, 11) is 0. The summed E-state index contributed by atoms with van der Waals surface area (Å²) in [4.78, 5) is 9.22. The van der Waals surface area contributed by atoms with Crippen LogP contribution in [0.3, 0.4) is 0 Å². The molecule has 3 rings (SSSR count). The molecule has 5 heteroatoms. The van der Waals surface area contributed by atoms with Crippen molar-refractivity contribution in [1.29, 1.82) is 0 Å². The van der Waals surface area contributed by atoms with Gasteiger partial charge in [-0.1, -0.05) is 0 Å². The van der Waals surface area contributed by atoms with E-state index in [1.165, 1.54) is 24.2 Å². The predicted molar refractivity (Wildman–Crippen MR) is 74.4 cm³/mol. The second kappa shape index (κ2) is 5.02. The van der Waals surface area contributed by atoms with E-state index in [1.807, 2.05) is 5.38 Å². The monoisotopic (exact) mass is 281 g/mol. The molecule has 0 N–H and O–H groups in total. The first kappa shape index (κ1) is 12.2. The fourth-order valence-electron chi connectivity index (χ4n) is 2.56. The Bertz CT molecular complexity index is 559. The van der Waals surface area contributed by atoms with Crippen LogP contribution in [0.15, 0.2) is 5.38 Å². The third-order valence-electron chi connectivity index (χ3n) is 3.45. The molecule has 2 heterocycles. The van der Waals surface area contributed by atoms with E-state index >= 15 is 0 Å². The first-order valence-corrected chi connectivity index (χ1v) is 7.73. The summed E-state index contributed by atoms with van der Waals surface area (Å²) < 4.78 is 2.32. The maximum Gasteiger partial charge on any atom is 0.113 e. The van der Waals surface area contributed by atoms with Gasteiger partial charge in [0.05, 0.1) is 23.8 Å². The number of rotatable bonds is 3. The van der Waals surface area contributed by atoms with Gasteiger partial charge in [-0.3, -0.25) is 0 Å². The topological polar surface area (TPSA) is 30.7 Å². The maximum atomic E-state index is 5.79. The lowest BCUT2D eigenvalue weighted by molar-refractivity contribution is 0.623. The number of imidazole rings is 1. The largest absolute Gasteiger partial charge is 0.325 e. The van der Waals surface area contributed by atoms with Crippen molar-refractivity contribution < 1.29 is 0 Å². The smallest absolute Gasteiger partial charge is 0.113 e. The number of alkyl halides is 1. The van der Waals surface area contributed by atoms with Crippen molar-refractivity contribution in [2.75, 3.05) is 0 Å². The van der Waals surface area contributed by atoms with Gasteiger partial charge in [0.1, 0.15) is 10.8 Å². The zero-order valence-electron chi connectivity index (χ0n) is 10.4. The van der Waals surface area contributed by atoms with E-state index in [1.54, 1.807) is 11.3 Å². The Morgan fingerprint density at radius 2 is 2.17 bits per heavy atom. The normalized spacial score (nSPS) is 14.8. The van der Waals surface area contributed by atoms with Crippen LogP contribution in [0.2, 0.25) is 0 Å². The van der Waals surface area contributed by atoms with E-state index in [9.17, 15) is 0 Å². The molecule has 96 valence electrons. The molecule has 0 saturated carbocycles. The second-order valence-corrected chi connectivity index (χ2v) is 5.92. The molecule has 0 fully saturated rings. The second-order valence-electron chi connectivity index (χ2n) is 4.71. The minimum absolute atomic E-state index is 0.498. The molecular weight excluding hydrogens is 266 g/mol. The summed E-state index contributed by atoms with van der Waals surface area (Å²) in [6.07, 6.45) is 4.85. The van der Waals surface area contributed by atoms with Crippen LogP contribution in [-0.4, -0.2) is 14.5 Å². The van der Waals surface area contributed by atoms with Gasteiger partial charge in [-0.25, -0.2) is 9.97 Å². The van der Waals surface area contributed by atoms with E-state index in [-0.39, 0.29) is 0 Å². The molecule has 1 aliphatic carbocycles. The van der Waals surface area contributed by atoms with E-state index in [4.69, 9.17) is 11.6 Å². The van der Waals surface area contributed by atoms with Crippen molar-refractivity contribution in [1.82, 2.24) is 14.5 Å². The van der Waals surface area contributed by atoms with Gasteiger partial charge < -0.3 is 4.57 Å². The van der Waals surface area contributed by atoms with Gasteiger partial charge in [-0.2, -0.15) is 0 Å². The lowest BCUT2D eigenvalue weighted by Crippen LogP contribution is -2.10. The zero-order chi connectivity index (χ0) is 12.5. The molecule has 0 atom stereocenters. The lowest BCUT2D eigenvalue weighted by Gasteiger charge is -2.13. The molecule has 0 unspecified atom stereocenters. The molecular formula is C13H16ClN3S. The van der Waals surface area contributed by atoms with Gasteiger partial charge in [0, 0.05) is 11.1 Å². The minimum atomic E-state index is 0.498. The van der Waals surface area contributed by atoms with Crippen LogP contribution in [-0.2, 0) is 25.3 Å². The zero-order valence-corrected chi connectivity index (χ0v) is 12.0. The van der Waals surface area contributed by atoms with Gasteiger partial charge in [-0.15, -0.1) is 22.9 Å². The van der Waals surface area contributed by atoms with Crippen molar-refractivity contribution in [2.45, 2.75) is 45.0 Å². The first-order chi connectivity index (χ1) is 8.78. The summed E-state index contributed by atoms with van der Waals surface area (Å²) in [5, 5.41) is 3.17. The number of thiazole rings is 1. The van der Waals surface area contributed by atoms with E-state index < -0.39 is 0 Å². The molecule has 0 amide bonds. The Labute approximate surface area is 116 Å². The average Bonchev–Trinajstić information content (AvgIpc) is 2.96. The van der Waals surface area contributed by atoms with Crippen molar-refractivity contribution in [3.8, 4) is 0 Å². The summed E-state index contributed by atoms with van der Waals surface area (Å²) in [6.45, 7) is 2.93. The van der Waals surface area contributed by atoms with Gasteiger partial charge in [0.15, 0.2) is 0 Å². The number of aromatic nitrogens is 3. The van der Waals surface area contributed by atoms with Crippen molar-refractivity contribution in [3.63, 3.8) is 0 Å². The molecule has 0 aromatic carbocycles. The van der Waals surface area contributed by atoms with Crippen LogP contribution < -0.4 is 0 Å². The van der Waals surface area contributed by atoms with E-state index in [0.717, 1.165) is 35.9 Å². The Morgan fingerprint density at radius 1 is 1.33 bits per heavy atom. The Morgan fingerprint density at radius 3 is 2.94 bits per heavy atom. The van der Waals surface area contributed by atoms with Gasteiger partial charge in [0.25, 0.3) is 0 Å². The summed E-state index contributed by atoms with van der Waals surface area (Å²) in [5.41, 5.74) is 3.69. The number of hydrogen-bond acceptors (Lipinski definition) is 3. The molecule has 2 aromatic heterocycles. The standard InChI is InChI=1S/C13H16ClN3S/c1-9-15-11-4-2-3-5-12(11)17(9)7-13-16-10(6-14)8-18-13/h8H,2-7H2,1H3. The van der Waals surface area contributed by atoms with Crippen LogP contribution in [0, 0.1) is 6.92 Å². The van der Waals surface area contributed by atoms with Gasteiger partial charge in [-0.05, 0) is 32.6 Å². The molecule has 0 bridgehead atoms. The molecule has 18 heavy (non-hydrogen) atoms. The van der Waals surface area contributed by atoms with Crippen LogP contribution in [0.4, 0.5) is 0 Å². The number of aryl methyl sites for hydroxylation is 2. The number of hydrogen-bond donors (Lipinski definition) is 0. The Balaban J connectivity index is 1.90. The van der Waals surface area contributed by atoms with Gasteiger partial charge >= 0.3 is 0 Å². The SMILES string of the molecule is Cc1nc2c(n1Cc1nc(CCl)cs1)CCCC2. The molecule has 0 spiro atoms. The van der Waals surface area contributed by atoms with Crippen LogP contribution in [0.25, 0.3) is 0 Å². The predicted octanol–water partition coefficient (Wildman–Crippen LogP) is 3.31. The molecule has 1 aliphatic rings. The first-order valence-electron chi connectivity index (χ1n) is 6.32. The highest BCUT2D eigenvalue weighted by Crippen LogP contribution is 2.23. The highest BCUT2D eigenvalue weighted by molar-refractivity contribution is 7.09. The van der Waals surface area contributed by atoms with Crippen molar-refractivity contribution >= 4 is 22.9 Å². The number of fused-ring (bicyclic) bond motifs is 1. The summed E-state index contributed by atoms with van der Waals surface area (Å²) in [6, 6.07) is 0. The fourth-order valence-corrected chi connectivity index (χ4v) is 3.57. The third-order valence-corrected chi connectivity index (χ3v) is 4.61. The molecule has 0 aliphatic heterocycles. The highest BCUT2D eigenvalue weighted by atomic mass is 35.5. The van der Waals surface area contributed by atoms with Crippen LogP contribution in [0.5, 0.6) is 0 Å². The summed E-state index contributed by atoms with van der Waals surface area (Å²) >= 11 is 7.48. The molecule has 0 saturated heterocycles. The van der Waals surface area contributed by atoms with E-state index in [0.29, 0.717) is 5.88 Å². The van der Waals surface area contributed by atoms with Gasteiger partial charge in [0.2, 0.25) is 0 Å². The number of nitrogens with zero attached hydrogens (tertiary/aromatic N) is 3.